The van der Waals surface area contributed by atoms with Crippen LogP contribution in [-0.2, 0) is 0 Å². The Balaban J connectivity index is 2.37. The highest BCUT2D eigenvalue weighted by Crippen LogP contribution is 2.48. The van der Waals surface area contributed by atoms with Crippen LogP contribution >= 0.6 is 11.3 Å². The predicted molar refractivity (Wildman–Crippen MR) is 95.4 cm³/mol. The number of nitrogens with zero attached hydrogens (tertiary/aromatic N) is 1. The summed E-state index contributed by atoms with van der Waals surface area (Å²) >= 11 is 1.46. The quantitative estimate of drug-likeness (QED) is 0.829. The number of nitrogens with two attached hydrogens (primary N) is 1. The number of thiophene rings is 1. The van der Waals surface area contributed by atoms with Gasteiger partial charge in [-0.05, 0) is 37.6 Å². The maximum absolute atomic E-state index is 12.1. The van der Waals surface area contributed by atoms with Gasteiger partial charge in [0, 0.05) is 10.9 Å². The van der Waals surface area contributed by atoms with E-state index in [-0.39, 0.29) is 10.0 Å². The maximum atomic E-state index is 12.1. The fourth-order valence-electron chi connectivity index (χ4n) is 2.96. The van der Waals surface area contributed by atoms with Crippen LogP contribution in [0.4, 0.5) is 10.7 Å². The van der Waals surface area contributed by atoms with Crippen LogP contribution in [0.15, 0.2) is 48.8 Å². The van der Waals surface area contributed by atoms with E-state index in [0.29, 0.717) is 16.3 Å². The number of aromatic carboxylic acids is 1. The highest BCUT2D eigenvalue weighted by molar-refractivity contribution is 7.16. The van der Waals surface area contributed by atoms with Gasteiger partial charge in [-0.2, -0.15) is 4.48 Å². The number of benzene rings is 1. The predicted octanol–water partition coefficient (Wildman–Crippen LogP) is 3.84. The average Bonchev–Trinajstić information content (AvgIpc) is 3.14. The molecule has 5 nitrogen and oxygen atoms in total. The van der Waals surface area contributed by atoms with Crippen LogP contribution in [-0.4, -0.2) is 17.0 Å². The van der Waals surface area contributed by atoms with Crippen molar-refractivity contribution in [2.75, 3.05) is 0 Å². The zero-order chi connectivity index (χ0) is 17.5. The Morgan fingerprint density at radius 1 is 1.12 bits per heavy atom. The van der Waals surface area contributed by atoms with Crippen LogP contribution in [0.1, 0.15) is 31.2 Å². The second-order valence-electron chi connectivity index (χ2n) is 5.61. The smallest absolute Gasteiger partial charge is 0.341 e. The number of carbonyl (C=O) groups excluding carboxylic acids is 1. The number of primary amides is 1. The van der Waals surface area contributed by atoms with Crippen molar-refractivity contribution in [2.45, 2.75) is 13.8 Å². The van der Waals surface area contributed by atoms with Crippen molar-refractivity contribution in [1.82, 2.24) is 4.48 Å². The second kappa shape index (κ2) is 5.74. The van der Waals surface area contributed by atoms with Crippen molar-refractivity contribution in [3.63, 3.8) is 0 Å². The van der Waals surface area contributed by atoms with E-state index in [1.807, 2.05) is 38.4 Å². The van der Waals surface area contributed by atoms with E-state index < -0.39 is 11.9 Å². The van der Waals surface area contributed by atoms with Gasteiger partial charge < -0.3 is 10.8 Å². The summed E-state index contributed by atoms with van der Waals surface area (Å²) in [5.74, 6) is -1.52. The molecule has 1 aliphatic heterocycles. The van der Waals surface area contributed by atoms with E-state index in [1.165, 1.54) is 11.3 Å². The number of hydrogen-bond acceptors (Lipinski definition) is 3. The Labute approximate surface area is 143 Å². The molecular formula is C18H17N2O3S+. The molecule has 0 saturated carbocycles. The van der Waals surface area contributed by atoms with Gasteiger partial charge >= 0.3 is 5.97 Å². The first-order valence-corrected chi connectivity index (χ1v) is 8.19. The molecule has 6 heteroatoms. The molecule has 0 bridgehead atoms. The van der Waals surface area contributed by atoms with Gasteiger partial charge in [-0.3, -0.25) is 4.79 Å². The fourth-order valence-corrected chi connectivity index (χ4v) is 4.23. The molecule has 1 aliphatic rings. The molecule has 0 saturated heterocycles. The molecule has 2 aromatic rings. The molecule has 0 spiro atoms. The molecule has 0 atom stereocenters. The molecule has 0 fully saturated rings. The Kier molecular flexibility index (Phi) is 3.87. The van der Waals surface area contributed by atoms with Crippen LogP contribution in [0, 0.1) is 13.8 Å². The van der Waals surface area contributed by atoms with Crippen LogP contribution in [0.5, 0.6) is 0 Å². The van der Waals surface area contributed by atoms with Gasteiger partial charge in [0.05, 0.1) is 0 Å². The highest BCUT2D eigenvalue weighted by atomic mass is 32.1. The summed E-state index contributed by atoms with van der Waals surface area (Å²) in [5, 5.41) is 10.3. The van der Waals surface area contributed by atoms with Gasteiger partial charge in [0.25, 0.3) is 5.91 Å². The largest absolute Gasteiger partial charge is 0.477 e. The van der Waals surface area contributed by atoms with Gasteiger partial charge in [-0.1, -0.05) is 23.5 Å². The molecule has 0 unspecified atom stereocenters. The minimum absolute atomic E-state index is 0.0418. The Morgan fingerprint density at radius 3 is 2.33 bits per heavy atom. The molecule has 24 heavy (non-hydrogen) atoms. The van der Waals surface area contributed by atoms with Gasteiger partial charge in [-0.15, -0.1) is 0 Å². The number of carboxylic acids is 1. The molecular weight excluding hydrogens is 324 g/mol. The first-order valence-electron chi connectivity index (χ1n) is 7.37. The summed E-state index contributed by atoms with van der Waals surface area (Å²) in [6, 6.07) is 6.81. The van der Waals surface area contributed by atoms with Crippen molar-refractivity contribution in [3.8, 4) is 0 Å². The first-order chi connectivity index (χ1) is 11.4. The Bertz CT molecular complexity index is 897. The molecule has 3 rings (SSSR count). The van der Waals surface area contributed by atoms with Crippen LogP contribution in [0.2, 0.25) is 0 Å². The third kappa shape index (κ3) is 2.28. The van der Waals surface area contributed by atoms with Gasteiger partial charge in [0.1, 0.15) is 23.5 Å². The van der Waals surface area contributed by atoms with E-state index in [0.717, 1.165) is 10.4 Å². The number of carboxylic acid groups (broad SMARTS) is 1. The number of rotatable bonds is 4. The van der Waals surface area contributed by atoms with Crippen LogP contribution < -0.4 is 10.2 Å². The number of hydrogen-bond donors (Lipinski definition) is 2. The van der Waals surface area contributed by atoms with Crippen molar-refractivity contribution >= 4 is 33.9 Å². The van der Waals surface area contributed by atoms with Gasteiger partial charge in [-0.25, -0.2) is 4.79 Å². The lowest BCUT2D eigenvalue weighted by atomic mass is 10.1. The normalized spacial score (nSPS) is 14.9. The molecule has 0 aliphatic carbocycles. The number of carbonyl (C=O) groups is 2. The monoisotopic (exact) mass is 341 g/mol. The van der Waals surface area contributed by atoms with Gasteiger partial charge in [0.2, 0.25) is 5.00 Å². The minimum Gasteiger partial charge on any atom is -0.477 e. The third-order valence-electron chi connectivity index (χ3n) is 4.24. The second-order valence-corrected chi connectivity index (χ2v) is 6.81. The third-order valence-corrected chi connectivity index (χ3v) is 5.55. The molecule has 2 heterocycles. The molecule has 1 aromatic carbocycles. The van der Waals surface area contributed by atoms with E-state index in [9.17, 15) is 14.7 Å². The SMILES string of the molecule is Cc1sc([N+]2(c3ccccc3C(=O)O)C=CC=C2)c(C(N)=O)c1C. The topological polar surface area (TPSA) is 80.4 Å². The molecule has 0 radical (unpaired) electrons. The molecule has 3 N–H and O–H groups in total. The van der Waals surface area contributed by atoms with Crippen molar-refractivity contribution < 1.29 is 14.7 Å². The lowest BCUT2D eigenvalue weighted by molar-refractivity contribution is 0.0696. The van der Waals surface area contributed by atoms with Crippen LogP contribution in [0.25, 0.3) is 0 Å². The zero-order valence-corrected chi connectivity index (χ0v) is 14.1. The summed E-state index contributed by atoms with van der Waals surface area (Å²) in [6.45, 7) is 3.79. The summed E-state index contributed by atoms with van der Waals surface area (Å²) in [5.41, 5.74) is 7.67. The number of amides is 1. The highest BCUT2D eigenvalue weighted by Gasteiger charge is 2.40. The molecule has 1 amide bonds. The number of quaternary nitrogens is 1. The maximum Gasteiger partial charge on any atom is 0.341 e. The van der Waals surface area contributed by atoms with Crippen molar-refractivity contribution in [1.29, 1.82) is 0 Å². The van der Waals surface area contributed by atoms with Crippen molar-refractivity contribution in [3.05, 3.63) is 70.4 Å². The molecule has 1 aromatic heterocycles. The summed E-state index contributed by atoms with van der Waals surface area (Å²) in [7, 11) is 0. The molecule has 122 valence electrons. The van der Waals surface area contributed by atoms with E-state index in [4.69, 9.17) is 5.73 Å². The van der Waals surface area contributed by atoms with E-state index >= 15 is 0 Å². The summed E-state index contributed by atoms with van der Waals surface area (Å²) in [4.78, 5) is 24.7. The first kappa shape index (κ1) is 16.2. The average molecular weight is 341 g/mol. The van der Waals surface area contributed by atoms with Crippen molar-refractivity contribution in [2.24, 2.45) is 5.73 Å². The van der Waals surface area contributed by atoms with E-state index in [1.54, 1.807) is 24.3 Å². The van der Waals surface area contributed by atoms with E-state index in [2.05, 4.69) is 0 Å². The Morgan fingerprint density at radius 2 is 1.75 bits per heavy atom. The summed E-state index contributed by atoms with van der Waals surface area (Å²) < 4.78 is 0.0418. The Hall–Kier alpha value is -2.70. The summed E-state index contributed by atoms with van der Waals surface area (Å²) in [6.07, 6.45) is 7.40. The standard InChI is InChI=1S/C18H16N2O3S/c1-11-12(2)24-17(15(11)16(19)21)20(9-5-6-10-20)14-8-4-3-7-13(14)18(22)23/h3-10H,1-2H3,(H2-,19,21,22,23)/p+1. The fraction of sp³-hybridized carbons (Fsp3) is 0.111. The lowest BCUT2D eigenvalue weighted by Crippen LogP contribution is -2.33. The van der Waals surface area contributed by atoms with Crippen LogP contribution in [0.3, 0.4) is 0 Å². The number of aryl methyl sites for hydroxylation is 1. The number of allylic oxidation sites excluding steroid dienone is 2. The van der Waals surface area contributed by atoms with Gasteiger partial charge in [0.15, 0.2) is 5.69 Å². The zero-order valence-electron chi connectivity index (χ0n) is 13.3. The minimum atomic E-state index is -1.01. The number of para-hydroxylation sites is 1. The lowest BCUT2D eigenvalue weighted by Gasteiger charge is -2.28.